The summed E-state index contributed by atoms with van der Waals surface area (Å²) in [6.45, 7) is 2.13. The van der Waals surface area contributed by atoms with Crippen LogP contribution in [0.5, 0.6) is 0 Å². The summed E-state index contributed by atoms with van der Waals surface area (Å²) < 4.78 is 4.23. The van der Waals surface area contributed by atoms with E-state index in [0.29, 0.717) is 24.1 Å². The lowest BCUT2D eigenvalue weighted by Crippen LogP contribution is -2.38. The Balaban J connectivity index is 1.30. The Bertz CT molecular complexity index is 938. The number of hydrogen-bond acceptors (Lipinski definition) is 5. The van der Waals surface area contributed by atoms with Gasteiger partial charge in [0.25, 0.3) is 5.91 Å². The molecule has 0 bridgehead atoms. The number of rotatable bonds is 5. The number of piperidine rings is 1. The van der Waals surface area contributed by atoms with E-state index in [2.05, 4.69) is 24.8 Å². The van der Waals surface area contributed by atoms with Crippen molar-refractivity contribution in [2.75, 3.05) is 13.1 Å². The zero-order valence-electron chi connectivity index (χ0n) is 15.7. The number of hydrogen-bond donors (Lipinski definition) is 0. The molecule has 3 aromatic rings. The van der Waals surface area contributed by atoms with Crippen molar-refractivity contribution in [3.8, 4) is 0 Å². The maximum atomic E-state index is 12.7. The molecular weight excluding hydrogens is 354 g/mol. The topological polar surface area (TPSA) is 81.7 Å². The normalized spacial score (nSPS) is 17.8. The summed E-state index contributed by atoms with van der Waals surface area (Å²) in [7, 11) is 0. The largest absolute Gasteiger partial charge is 0.339 e. The van der Waals surface area contributed by atoms with Gasteiger partial charge in [-0.1, -0.05) is 0 Å². The molecule has 1 saturated heterocycles. The van der Waals surface area contributed by atoms with Crippen molar-refractivity contribution in [3.05, 3.63) is 60.2 Å². The molecule has 0 aromatic carbocycles. The summed E-state index contributed by atoms with van der Waals surface area (Å²) in [6, 6.07) is 6.07. The third-order valence-corrected chi connectivity index (χ3v) is 5.62. The second-order valence-corrected chi connectivity index (χ2v) is 7.59. The van der Waals surface area contributed by atoms with E-state index in [1.807, 2.05) is 27.9 Å². The number of aromatic nitrogens is 6. The molecule has 1 aliphatic carbocycles. The molecule has 0 unspecified atom stereocenters. The zero-order valence-corrected chi connectivity index (χ0v) is 15.7. The highest BCUT2D eigenvalue weighted by Gasteiger charge is 2.34. The van der Waals surface area contributed by atoms with Gasteiger partial charge in [-0.3, -0.25) is 14.5 Å². The van der Waals surface area contributed by atoms with E-state index >= 15 is 0 Å². The number of pyridine rings is 1. The van der Waals surface area contributed by atoms with Crippen molar-refractivity contribution in [3.63, 3.8) is 0 Å². The van der Waals surface area contributed by atoms with Crippen molar-refractivity contribution >= 4 is 5.91 Å². The summed E-state index contributed by atoms with van der Waals surface area (Å²) in [5, 5.41) is 13.4. The van der Waals surface area contributed by atoms with Gasteiger partial charge in [0.1, 0.15) is 12.4 Å². The van der Waals surface area contributed by atoms with Crippen LogP contribution >= 0.6 is 0 Å². The van der Waals surface area contributed by atoms with Crippen molar-refractivity contribution in [2.45, 2.75) is 44.2 Å². The first-order chi connectivity index (χ1) is 13.8. The highest BCUT2D eigenvalue weighted by Crippen LogP contribution is 2.40. The van der Waals surface area contributed by atoms with Crippen LogP contribution in [0, 0.1) is 0 Å². The minimum Gasteiger partial charge on any atom is -0.339 e. The molecule has 0 radical (unpaired) electrons. The van der Waals surface area contributed by atoms with E-state index in [-0.39, 0.29) is 5.91 Å². The second kappa shape index (κ2) is 7.18. The van der Waals surface area contributed by atoms with Gasteiger partial charge in [0.05, 0.1) is 5.56 Å². The number of carbonyl (C=O) groups is 1. The molecule has 1 amide bonds. The first kappa shape index (κ1) is 17.1. The van der Waals surface area contributed by atoms with Gasteiger partial charge in [-0.2, -0.15) is 5.10 Å². The Labute approximate surface area is 163 Å². The predicted octanol–water partition coefficient (Wildman–Crippen LogP) is 2.27. The van der Waals surface area contributed by atoms with E-state index in [1.165, 1.54) is 12.8 Å². The molecule has 144 valence electrons. The molecule has 0 N–H and O–H groups in total. The maximum Gasteiger partial charge on any atom is 0.255 e. The van der Waals surface area contributed by atoms with Gasteiger partial charge in [0.15, 0.2) is 5.82 Å². The van der Waals surface area contributed by atoms with Crippen LogP contribution in [0.4, 0.5) is 0 Å². The Morgan fingerprint density at radius 3 is 2.61 bits per heavy atom. The summed E-state index contributed by atoms with van der Waals surface area (Å²) in [5.41, 5.74) is 0.656. The minimum absolute atomic E-state index is 0.0644. The molecule has 3 aromatic heterocycles. The molecule has 0 atom stereocenters. The molecule has 8 heteroatoms. The molecule has 1 aliphatic heterocycles. The number of carbonyl (C=O) groups excluding carboxylic acids is 1. The fourth-order valence-corrected chi connectivity index (χ4v) is 4.01. The van der Waals surface area contributed by atoms with Crippen molar-refractivity contribution in [1.82, 2.24) is 34.4 Å². The van der Waals surface area contributed by atoms with Crippen LogP contribution in [0.1, 0.15) is 59.6 Å². The molecule has 28 heavy (non-hydrogen) atoms. The van der Waals surface area contributed by atoms with E-state index in [9.17, 15) is 4.79 Å². The van der Waals surface area contributed by atoms with Gasteiger partial charge in [-0.15, -0.1) is 10.2 Å². The zero-order chi connectivity index (χ0) is 18.9. The lowest BCUT2D eigenvalue weighted by atomic mass is 9.95. The summed E-state index contributed by atoms with van der Waals surface area (Å²) in [5.74, 6) is 2.47. The number of amides is 1. The molecule has 1 saturated carbocycles. The smallest absolute Gasteiger partial charge is 0.255 e. The molecule has 5 rings (SSSR count). The molecule has 2 aliphatic rings. The standard InChI is InChI=1S/C20H23N7O/c28-20(16-3-1-8-21-13-16)25-11-6-15(7-12-25)19-24-23-18(27(19)17-4-5-17)14-26-10-2-9-22-26/h1-3,8-10,13,15,17H,4-7,11-12,14H2. The number of likely N-dealkylation sites (tertiary alicyclic amines) is 1. The van der Waals surface area contributed by atoms with Crippen molar-refractivity contribution < 1.29 is 4.79 Å². The second-order valence-electron chi connectivity index (χ2n) is 7.59. The van der Waals surface area contributed by atoms with Crippen molar-refractivity contribution in [2.24, 2.45) is 0 Å². The van der Waals surface area contributed by atoms with E-state index in [1.54, 1.807) is 24.7 Å². The fraction of sp³-hybridized carbons (Fsp3) is 0.450. The Morgan fingerprint density at radius 1 is 1.07 bits per heavy atom. The third kappa shape index (κ3) is 3.30. The summed E-state index contributed by atoms with van der Waals surface area (Å²) >= 11 is 0. The van der Waals surface area contributed by atoms with E-state index in [4.69, 9.17) is 0 Å². The first-order valence-electron chi connectivity index (χ1n) is 9.90. The van der Waals surface area contributed by atoms with Gasteiger partial charge >= 0.3 is 0 Å². The monoisotopic (exact) mass is 377 g/mol. The summed E-state index contributed by atoms with van der Waals surface area (Å²) in [4.78, 5) is 18.6. The van der Waals surface area contributed by atoms with Gasteiger partial charge in [-0.05, 0) is 43.9 Å². The van der Waals surface area contributed by atoms with Gasteiger partial charge < -0.3 is 9.47 Å². The lowest BCUT2D eigenvalue weighted by molar-refractivity contribution is 0.0709. The Morgan fingerprint density at radius 2 is 1.93 bits per heavy atom. The average Bonchev–Trinajstić information content (AvgIpc) is 3.29. The highest BCUT2D eigenvalue weighted by atomic mass is 16.2. The quantitative estimate of drug-likeness (QED) is 0.681. The fourth-order valence-electron chi connectivity index (χ4n) is 4.01. The van der Waals surface area contributed by atoms with Gasteiger partial charge in [0, 0.05) is 49.8 Å². The molecule has 2 fully saturated rings. The van der Waals surface area contributed by atoms with Crippen LogP contribution in [-0.2, 0) is 6.54 Å². The molecule has 0 spiro atoms. The van der Waals surface area contributed by atoms with Crippen LogP contribution in [-0.4, -0.2) is 53.4 Å². The van der Waals surface area contributed by atoms with E-state index in [0.717, 1.165) is 37.6 Å². The van der Waals surface area contributed by atoms with Crippen LogP contribution in [0.25, 0.3) is 0 Å². The van der Waals surface area contributed by atoms with Crippen LogP contribution in [0.15, 0.2) is 43.0 Å². The Kier molecular flexibility index (Phi) is 4.38. The number of nitrogens with zero attached hydrogens (tertiary/aromatic N) is 7. The van der Waals surface area contributed by atoms with Gasteiger partial charge in [0.2, 0.25) is 0 Å². The summed E-state index contributed by atoms with van der Waals surface area (Å²) in [6.07, 6.45) is 11.3. The predicted molar refractivity (Wildman–Crippen MR) is 102 cm³/mol. The average molecular weight is 377 g/mol. The van der Waals surface area contributed by atoms with Gasteiger partial charge in [-0.25, -0.2) is 0 Å². The molecule has 8 nitrogen and oxygen atoms in total. The maximum absolute atomic E-state index is 12.7. The minimum atomic E-state index is 0.0644. The van der Waals surface area contributed by atoms with E-state index < -0.39 is 0 Å². The van der Waals surface area contributed by atoms with Crippen molar-refractivity contribution in [1.29, 1.82) is 0 Å². The van der Waals surface area contributed by atoms with Crippen LogP contribution in [0.3, 0.4) is 0 Å². The lowest BCUT2D eigenvalue weighted by Gasteiger charge is -2.31. The third-order valence-electron chi connectivity index (χ3n) is 5.62. The Hall–Kier alpha value is -3.03. The first-order valence-corrected chi connectivity index (χ1v) is 9.90. The molecular formula is C20H23N7O. The van der Waals surface area contributed by atoms with Crippen LogP contribution in [0.2, 0.25) is 0 Å². The highest BCUT2D eigenvalue weighted by molar-refractivity contribution is 5.93. The molecule has 4 heterocycles. The SMILES string of the molecule is O=C(c1cccnc1)N1CCC(c2nnc(Cn3cccn3)n2C2CC2)CC1. The van der Waals surface area contributed by atoms with Crippen LogP contribution < -0.4 is 0 Å².